The molecule has 1 N–H and O–H groups in total. The third-order valence-electron chi connectivity index (χ3n) is 1.85. The molecule has 1 aromatic carbocycles. The minimum atomic E-state index is -1.01. The number of benzene rings is 1. The van der Waals surface area contributed by atoms with E-state index in [9.17, 15) is 14.5 Å². The number of hydrogen-bond donors (Lipinski definition) is 1. The number of phenols is 1. The van der Waals surface area contributed by atoms with E-state index in [0.717, 1.165) is 12.1 Å². The summed E-state index contributed by atoms with van der Waals surface area (Å²) < 4.78 is 13.1. The van der Waals surface area contributed by atoms with Crippen molar-refractivity contribution in [3.63, 3.8) is 0 Å². The lowest BCUT2D eigenvalue weighted by Gasteiger charge is -1.99. The van der Waals surface area contributed by atoms with Crippen LogP contribution in [0.3, 0.4) is 0 Å². The number of rotatable bonds is 4. The Morgan fingerprint density at radius 3 is 2.81 bits per heavy atom. The molecule has 0 heterocycles. The van der Waals surface area contributed by atoms with E-state index in [4.69, 9.17) is 16.7 Å². The monoisotopic (exact) mass is 245 g/mol. The molecule has 1 aromatic rings. The van der Waals surface area contributed by atoms with Gasteiger partial charge in [0.2, 0.25) is 5.75 Å². The summed E-state index contributed by atoms with van der Waals surface area (Å²) in [5, 5.41) is 19.6. The Bertz CT molecular complexity index is 434. The van der Waals surface area contributed by atoms with Crippen LogP contribution in [0.1, 0.15) is 12.0 Å². The predicted octanol–water partition coefficient (Wildman–Crippen LogP) is 3.08. The Balaban J connectivity index is 3.09. The van der Waals surface area contributed by atoms with Crippen LogP contribution in [-0.4, -0.2) is 15.9 Å². The lowest BCUT2D eigenvalue weighted by atomic mass is 10.1. The van der Waals surface area contributed by atoms with Crippen molar-refractivity contribution < 1.29 is 14.4 Å². The molecule has 0 fully saturated rings. The molecule has 0 unspecified atom stereocenters. The second-order valence-electron chi connectivity index (χ2n) is 3.01. The summed E-state index contributed by atoms with van der Waals surface area (Å²) in [7, 11) is 0. The first kappa shape index (κ1) is 12.4. The molecule has 0 amide bonds. The van der Waals surface area contributed by atoms with Crippen molar-refractivity contribution in [3.8, 4) is 5.75 Å². The third kappa shape index (κ3) is 2.93. The van der Waals surface area contributed by atoms with Crippen LogP contribution >= 0.6 is 11.6 Å². The number of nitrogens with zero attached hydrogens (tertiary/aromatic N) is 1. The van der Waals surface area contributed by atoms with Gasteiger partial charge in [-0.25, -0.2) is 4.39 Å². The standard InChI is InChI=1S/C10H9ClFNO3/c11-4-2-1-3-7-5-8(12)10(14)9(6-7)13(15)16/h1,3,5-6,14H,2,4H2. The molecule has 6 heteroatoms. The Labute approximate surface area is 96.1 Å². The predicted molar refractivity (Wildman–Crippen MR) is 59.1 cm³/mol. The van der Waals surface area contributed by atoms with E-state index >= 15 is 0 Å². The van der Waals surface area contributed by atoms with E-state index in [-0.39, 0.29) is 0 Å². The van der Waals surface area contributed by atoms with Gasteiger partial charge in [-0.3, -0.25) is 10.1 Å². The Kier molecular flexibility index (Phi) is 4.25. The van der Waals surface area contributed by atoms with E-state index in [1.165, 1.54) is 6.08 Å². The molecule has 0 bridgehead atoms. The molecule has 16 heavy (non-hydrogen) atoms. The fourth-order valence-electron chi connectivity index (χ4n) is 1.12. The van der Waals surface area contributed by atoms with Gasteiger partial charge in [0, 0.05) is 11.9 Å². The third-order valence-corrected chi connectivity index (χ3v) is 2.07. The van der Waals surface area contributed by atoms with Crippen LogP contribution < -0.4 is 0 Å². The average Bonchev–Trinajstić information content (AvgIpc) is 2.23. The zero-order valence-corrected chi connectivity index (χ0v) is 8.95. The maximum Gasteiger partial charge on any atom is 0.314 e. The molecule has 0 saturated heterocycles. The zero-order valence-electron chi connectivity index (χ0n) is 8.19. The highest BCUT2D eigenvalue weighted by Gasteiger charge is 2.18. The van der Waals surface area contributed by atoms with Crippen molar-refractivity contribution >= 4 is 23.4 Å². The van der Waals surface area contributed by atoms with Crippen LogP contribution in [0.4, 0.5) is 10.1 Å². The van der Waals surface area contributed by atoms with Crippen LogP contribution in [0, 0.1) is 15.9 Å². The van der Waals surface area contributed by atoms with Crippen molar-refractivity contribution in [1.29, 1.82) is 0 Å². The number of alkyl halides is 1. The van der Waals surface area contributed by atoms with Gasteiger partial charge in [0.25, 0.3) is 0 Å². The molecule has 0 spiro atoms. The van der Waals surface area contributed by atoms with Gasteiger partial charge >= 0.3 is 5.69 Å². The van der Waals surface area contributed by atoms with E-state index in [2.05, 4.69) is 0 Å². The molecule has 86 valence electrons. The molecule has 0 aliphatic rings. The smallest absolute Gasteiger partial charge is 0.314 e. The maximum absolute atomic E-state index is 13.1. The van der Waals surface area contributed by atoms with Gasteiger partial charge in [-0.1, -0.05) is 12.2 Å². The normalized spacial score (nSPS) is 10.9. The van der Waals surface area contributed by atoms with Gasteiger partial charge in [-0.05, 0) is 18.1 Å². The summed E-state index contributed by atoms with van der Waals surface area (Å²) in [5.74, 6) is -1.54. The number of nitro benzene ring substituents is 1. The first-order valence-corrected chi connectivity index (χ1v) is 4.99. The molecule has 0 atom stereocenters. The Morgan fingerprint density at radius 1 is 1.56 bits per heavy atom. The average molecular weight is 246 g/mol. The largest absolute Gasteiger partial charge is 0.500 e. The van der Waals surface area contributed by atoms with Gasteiger partial charge in [-0.15, -0.1) is 11.6 Å². The lowest BCUT2D eigenvalue weighted by molar-refractivity contribution is -0.386. The van der Waals surface area contributed by atoms with E-state index in [1.54, 1.807) is 6.08 Å². The highest BCUT2D eigenvalue weighted by molar-refractivity contribution is 6.17. The summed E-state index contributed by atoms with van der Waals surface area (Å²) in [5.41, 5.74) is -0.336. The van der Waals surface area contributed by atoms with Crippen LogP contribution in [0.2, 0.25) is 0 Å². The number of hydrogen-bond acceptors (Lipinski definition) is 3. The Hall–Kier alpha value is -1.62. The number of allylic oxidation sites excluding steroid dienone is 1. The fraction of sp³-hybridized carbons (Fsp3) is 0.200. The molecule has 1 rings (SSSR count). The molecular weight excluding hydrogens is 237 g/mol. The van der Waals surface area contributed by atoms with Crippen molar-refractivity contribution in [3.05, 3.63) is 39.7 Å². The second kappa shape index (κ2) is 5.46. The first-order chi connectivity index (χ1) is 7.56. The molecule has 0 radical (unpaired) electrons. The van der Waals surface area contributed by atoms with E-state index in [0.29, 0.717) is 17.9 Å². The maximum atomic E-state index is 13.1. The fourth-order valence-corrected chi connectivity index (χ4v) is 1.25. The number of aromatic hydroxyl groups is 1. The van der Waals surface area contributed by atoms with Crippen LogP contribution in [-0.2, 0) is 0 Å². The van der Waals surface area contributed by atoms with E-state index in [1.807, 2.05) is 0 Å². The van der Waals surface area contributed by atoms with Gasteiger partial charge in [0.1, 0.15) is 0 Å². The number of halogens is 2. The number of phenolic OH excluding ortho intramolecular Hbond substituents is 1. The highest BCUT2D eigenvalue weighted by atomic mass is 35.5. The van der Waals surface area contributed by atoms with Gasteiger partial charge in [-0.2, -0.15) is 0 Å². The van der Waals surface area contributed by atoms with E-state index < -0.39 is 22.2 Å². The minimum absolute atomic E-state index is 0.312. The highest BCUT2D eigenvalue weighted by Crippen LogP contribution is 2.30. The summed E-state index contributed by atoms with van der Waals surface area (Å²) in [6.45, 7) is 0. The first-order valence-electron chi connectivity index (χ1n) is 4.45. The Morgan fingerprint density at radius 2 is 2.25 bits per heavy atom. The lowest BCUT2D eigenvalue weighted by Crippen LogP contribution is -1.92. The van der Waals surface area contributed by atoms with Crippen molar-refractivity contribution in [2.75, 3.05) is 5.88 Å². The summed E-state index contributed by atoms with van der Waals surface area (Å²) >= 11 is 5.43. The second-order valence-corrected chi connectivity index (χ2v) is 3.39. The van der Waals surface area contributed by atoms with Gasteiger partial charge in [0.05, 0.1) is 4.92 Å². The molecule has 0 aromatic heterocycles. The molecule has 0 saturated carbocycles. The molecule has 0 aliphatic heterocycles. The van der Waals surface area contributed by atoms with Crippen LogP contribution in [0.25, 0.3) is 6.08 Å². The van der Waals surface area contributed by atoms with Gasteiger partial charge in [0.15, 0.2) is 5.82 Å². The molecule has 0 aliphatic carbocycles. The SMILES string of the molecule is O=[N+]([O-])c1cc(C=CCCCl)cc(F)c1O. The van der Waals surface area contributed by atoms with Crippen molar-refractivity contribution in [1.82, 2.24) is 0 Å². The summed E-state index contributed by atoms with van der Waals surface area (Å²) in [6.07, 6.45) is 3.76. The summed E-state index contributed by atoms with van der Waals surface area (Å²) in [4.78, 5) is 9.65. The summed E-state index contributed by atoms with van der Waals surface area (Å²) in [6, 6.07) is 2.12. The molecular formula is C10H9ClFNO3. The minimum Gasteiger partial charge on any atom is -0.500 e. The zero-order chi connectivity index (χ0) is 12.1. The van der Waals surface area contributed by atoms with Gasteiger partial charge < -0.3 is 5.11 Å². The van der Waals surface area contributed by atoms with Crippen LogP contribution in [0.5, 0.6) is 5.75 Å². The topological polar surface area (TPSA) is 63.4 Å². The van der Waals surface area contributed by atoms with Crippen molar-refractivity contribution in [2.45, 2.75) is 6.42 Å². The number of nitro groups is 1. The molecule has 4 nitrogen and oxygen atoms in total. The van der Waals surface area contributed by atoms with Crippen molar-refractivity contribution in [2.24, 2.45) is 0 Å². The quantitative estimate of drug-likeness (QED) is 0.504. The van der Waals surface area contributed by atoms with Crippen LogP contribution in [0.15, 0.2) is 18.2 Å².